The van der Waals surface area contributed by atoms with Crippen molar-refractivity contribution in [3.63, 3.8) is 0 Å². The van der Waals surface area contributed by atoms with Gasteiger partial charge in [0.1, 0.15) is 0 Å². The highest BCUT2D eigenvalue weighted by molar-refractivity contribution is 4.92. The molecule has 80 valence electrons. The third-order valence-electron chi connectivity index (χ3n) is 2.55. The molecule has 0 fully saturated rings. The average molecular weight is 197 g/mol. The molecule has 0 saturated heterocycles. The summed E-state index contributed by atoms with van der Waals surface area (Å²) >= 11 is 0. The van der Waals surface area contributed by atoms with Gasteiger partial charge < -0.3 is 9.73 Å². The lowest BCUT2D eigenvalue weighted by molar-refractivity contribution is 0.371. The molecule has 1 heterocycles. The Morgan fingerprint density at radius 2 is 1.86 bits per heavy atom. The Kier molecular flexibility index (Phi) is 4.07. The third kappa shape index (κ3) is 2.32. The van der Waals surface area contributed by atoms with Crippen molar-refractivity contribution in [3.05, 3.63) is 11.8 Å². The molecule has 0 spiro atoms. The lowest BCUT2D eigenvalue weighted by Crippen LogP contribution is -2.15. The van der Waals surface area contributed by atoms with E-state index >= 15 is 0 Å². The number of hydrogen-bond acceptors (Lipinski definition) is 4. The lowest BCUT2D eigenvalue weighted by atomic mass is 10.1. The number of hydrogen-bond donors (Lipinski definition) is 1. The number of rotatable bonds is 5. The van der Waals surface area contributed by atoms with E-state index < -0.39 is 0 Å². The molecule has 0 aliphatic heterocycles. The third-order valence-corrected chi connectivity index (χ3v) is 2.55. The van der Waals surface area contributed by atoms with E-state index in [1.807, 2.05) is 7.05 Å². The maximum Gasteiger partial charge on any atom is 0.233 e. The van der Waals surface area contributed by atoms with Crippen molar-refractivity contribution in [2.75, 3.05) is 7.05 Å². The first-order valence-electron chi connectivity index (χ1n) is 5.23. The largest absolute Gasteiger partial charge is 0.423 e. The highest BCUT2D eigenvalue weighted by Gasteiger charge is 2.17. The first-order valence-corrected chi connectivity index (χ1v) is 5.23. The molecule has 1 N–H and O–H groups in total. The minimum absolute atomic E-state index is 0.181. The van der Waals surface area contributed by atoms with Gasteiger partial charge in [0.05, 0.1) is 6.04 Å². The van der Waals surface area contributed by atoms with Crippen LogP contribution in [-0.2, 0) is 0 Å². The topological polar surface area (TPSA) is 51.0 Å². The molecule has 2 unspecified atom stereocenters. The SMILES string of the molecule is CCC(C)c1nnc(C(CC)NC)o1. The van der Waals surface area contributed by atoms with Crippen molar-refractivity contribution >= 4 is 0 Å². The fourth-order valence-corrected chi connectivity index (χ4v) is 1.26. The van der Waals surface area contributed by atoms with Gasteiger partial charge in [-0.1, -0.05) is 20.8 Å². The van der Waals surface area contributed by atoms with Crippen LogP contribution in [0.2, 0.25) is 0 Å². The second-order valence-corrected chi connectivity index (χ2v) is 3.54. The van der Waals surface area contributed by atoms with Crippen molar-refractivity contribution in [3.8, 4) is 0 Å². The smallest absolute Gasteiger partial charge is 0.233 e. The Morgan fingerprint density at radius 1 is 1.21 bits per heavy atom. The highest BCUT2D eigenvalue weighted by atomic mass is 16.4. The first-order chi connectivity index (χ1) is 6.72. The van der Waals surface area contributed by atoms with Gasteiger partial charge in [-0.2, -0.15) is 0 Å². The van der Waals surface area contributed by atoms with E-state index in [4.69, 9.17) is 4.42 Å². The van der Waals surface area contributed by atoms with Crippen LogP contribution in [0.3, 0.4) is 0 Å². The Morgan fingerprint density at radius 3 is 2.36 bits per heavy atom. The summed E-state index contributed by atoms with van der Waals surface area (Å²) in [5.74, 6) is 1.80. The van der Waals surface area contributed by atoms with Gasteiger partial charge in [0, 0.05) is 5.92 Å². The normalized spacial score (nSPS) is 15.4. The molecule has 0 aliphatic rings. The van der Waals surface area contributed by atoms with E-state index in [9.17, 15) is 0 Å². The van der Waals surface area contributed by atoms with Crippen molar-refractivity contribution in [1.82, 2.24) is 15.5 Å². The van der Waals surface area contributed by atoms with E-state index in [0.29, 0.717) is 11.8 Å². The molecule has 0 aromatic carbocycles. The lowest BCUT2D eigenvalue weighted by Gasteiger charge is -2.07. The van der Waals surface area contributed by atoms with E-state index in [0.717, 1.165) is 18.7 Å². The predicted octanol–water partition coefficient (Wildman–Crippen LogP) is 2.25. The van der Waals surface area contributed by atoms with Crippen LogP contribution in [0.4, 0.5) is 0 Å². The summed E-state index contributed by atoms with van der Waals surface area (Å²) in [7, 11) is 1.90. The number of aromatic nitrogens is 2. The van der Waals surface area contributed by atoms with Crippen molar-refractivity contribution in [2.45, 2.75) is 45.6 Å². The van der Waals surface area contributed by atoms with E-state index in [-0.39, 0.29) is 6.04 Å². The Bertz CT molecular complexity index is 268. The van der Waals surface area contributed by atoms with Crippen LogP contribution in [0.15, 0.2) is 4.42 Å². The van der Waals surface area contributed by atoms with Crippen molar-refractivity contribution < 1.29 is 4.42 Å². The van der Waals surface area contributed by atoms with Crippen LogP contribution in [-0.4, -0.2) is 17.2 Å². The van der Waals surface area contributed by atoms with Crippen molar-refractivity contribution in [1.29, 1.82) is 0 Å². The van der Waals surface area contributed by atoms with Crippen LogP contribution in [0.25, 0.3) is 0 Å². The van der Waals surface area contributed by atoms with Gasteiger partial charge >= 0.3 is 0 Å². The summed E-state index contributed by atoms with van der Waals surface area (Å²) in [4.78, 5) is 0. The van der Waals surface area contributed by atoms with Gasteiger partial charge in [-0.25, -0.2) is 0 Å². The fourth-order valence-electron chi connectivity index (χ4n) is 1.26. The summed E-state index contributed by atoms with van der Waals surface area (Å²) in [6.45, 7) is 6.30. The molecule has 2 atom stereocenters. The zero-order chi connectivity index (χ0) is 10.6. The van der Waals surface area contributed by atoms with Crippen LogP contribution in [0.1, 0.15) is 57.4 Å². The van der Waals surface area contributed by atoms with Crippen LogP contribution >= 0.6 is 0 Å². The average Bonchev–Trinajstić information content (AvgIpc) is 2.68. The van der Waals surface area contributed by atoms with Crippen LogP contribution in [0, 0.1) is 0 Å². The molecule has 0 aliphatic carbocycles. The molecular weight excluding hydrogens is 178 g/mol. The molecule has 1 aromatic rings. The molecule has 4 nitrogen and oxygen atoms in total. The molecule has 1 rings (SSSR count). The minimum atomic E-state index is 0.181. The van der Waals surface area contributed by atoms with E-state index in [2.05, 4.69) is 36.3 Å². The second kappa shape index (κ2) is 5.10. The van der Waals surface area contributed by atoms with E-state index in [1.54, 1.807) is 0 Å². The van der Waals surface area contributed by atoms with Gasteiger partial charge in [0.15, 0.2) is 0 Å². The number of nitrogens with zero attached hydrogens (tertiary/aromatic N) is 2. The van der Waals surface area contributed by atoms with Gasteiger partial charge in [0.25, 0.3) is 0 Å². The fraction of sp³-hybridized carbons (Fsp3) is 0.800. The maximum absolute atomic E-state index is 5.60. The van der Waals surface area contributed by atoms with Gasteiger partial charge in [0.2, 0.25) is 11.8 Å². The zero-order valence-electron chi connectivity index (χ0n) is 9.37. The molecule has 0 radical (unpaired) electrons. The van der Waals surface area contributed by atoms with E-state index in [1.165, 1.54) is 0 Å². The summed E-state index contributed by atoms with van der Waals surface area (Å²) in [6.07, 6.45) is 1.98. The van der Waals surface area contributed by atoms with Gasteiger partial charge in [-0.15, -0.1) is 10.2 Å². The maximum atomic E-state index is 5.60. The molecule has 1 aromatic heterocycles. The monoisotopic (exact) mass is 197 g/mol. The summed E-state index contributed by atoms with van der Waals surface area (Å²) in [6, 6.07) is 0.181. The molecule has 0 bridgehead atoms. The molecular formula is C10H19N3O. The summed E-state index contributed by atoms with van der Waals surface area (Å²) in [5, 5.41) is 11.2. The summed E-state index contributed by atoms with van der Waals surface area (Å²) in [5.41, 5.74) is 0. The molecule has 0 amide bonds. The zero-order valence-corrected chi connectivity index (χ0v) is 9.37. The van der Waals surface area contributed by atoms with Crippen LogP contribution in [0.5, 0.6) is 0 Å². The quantitative estimate of drug-likeness (QED) is 0.786. The second-order valence-electron chi connectivity index (χ2n) is 3.54. The Balaban J connectivity index is 2.76. The summed E-state index contributed by atoms with van der Waals surface area (Å²) < 4.78 is 5.60. The predicted molar refractivity (Wildman–Crippen MR) is 55.1 cm³/mol. The van der Waals surface area contributed by atoms with Crippen molar-refractivity contribution in [2.24, 2.45) is 0 Å². The Labute approximate surface area is 85.1 Å². The highest BCUT2D eigenvalue weighted by Crippen LogP contribution is 2.20. The van der Waals surface area contributed by atoms with Crippen LogP contribution < -0.4 is 5.32 Å². The Hall–Kier alpha value is -0.900. The van der Waals surface area contributed by atoms with Gasteiger partial charge in [-0.05, 0) is 19.9 Å². The number of nitrogens with one attached hydrogen (secondary N) is 1. The first kappa shape index (κ1) is 11.2. The van der Waals surface area contributed by atoms with Gasteiger partial charge in [-0.3, -0.25) is 0 Å². The minimum Gasteiger partial charge on any atom is -0.423 e. The molecule has 4 heteroatoms. The molecule has 0 saturated carbocycles. The molecule has 14 heavy (non-hydrogen) atoms. The standard InChI is InChI=1S/C10H19N3O/c1-5-7(3)9-12-13-10(14-9)8(6-2)11-4/h7-8,11H,5-6H2,1-4H3.